The topological polar surface area (TPSA) is 276 Å². The van der Waals surface area contributed by atoms with Crippen LogP contribution in [0.1, 0.15) is 89.8 Å². The molecule has 7 rings (SSSR count). The molecule has 0 bridgehead atoms. The second-order valence-corrected chi connectivity index (χ2v) is 17.0. The van der Waals surface area contributed by atoms with Gasteiger partial charge >= 0.3 is 5.97 Å². The Morgan fingerprint density at radius 1 is 0.824 bits per heavy atom. The molecule has 354 valence electrons. The van der Waals surface area contributed by atoms with Crippen molar-refractivity contribution in [2.24, 2.45) is 15.7 Å². The van der Waals surface area contributed by atoms with Crippen molar-refractivity contribution in [3.63, 3.8) is 0 Å². The van der Waals surface area contributed by atoms with E-state index in [0.717, 1.165) is 34.9 Å². The molecule has 68 heavy (non-hydrogen) atoms. The van der Waals surface area contributed by atoms with E-state index in [0.29, 0.717) is 84.3 Å². The van der Waals surface area contributed by atoms with Crippen molar-refractivity contribution in [2.45, 2.75) is 89.5 Å². The first-order valence-electron chi connectivity index (χ1n) is 22.7. The number of carbonyl (C=O) groups excluding carboxylic acids is 2. The maximum atomic E-state index is 13.5. The summed E-state index contributed by atoms with van der Waals surface area (Å²) in [5.74, 6) is -1.64. The second-order valence-electron chi connectivity index (χ2n) is 17.0. The molecule has 2 heterocycles. The average Bonchev–Trinajstić information content (AvgIpc) is 3.63. The zero-order chi connectivity index (χ0) is 48.3. The molecule has 6 aromatic rings. The minimum Gasteiger partial charge on any atom is -0.508 e. The number of aromatic amines is 1. The van der Waals surface area contributed by atoms with Crippen molar-refractivity contribution < 1.29 is 39.9 Å². The van der Waals surface area contributed by atoms with Gasteiger partial charge < -0.3 is 51.8 Å². The second kappa shape index (κ2) is 22.1. The number of aliphatic imine (C=N–C) groups is 2. The number of nitrogens with two attached hydrogens (primary N) is 1. The Morgan fingerprint density at radius 2 is 1.49 bits per heavy atom. The number of H-pyrrole nitrogens is 1. The molecule has 0 fully saturated rings. The number of anilines is 1. The number of aryl methyl sites for hydroxylation is 1. The van der Waals surface area contributed by atoms with Crippen LogP contribution in [0, 0.1) is 6.92 Å². The number of carboxylic acid groups (broad SMARTS) is 1. The number of hydrogen-bond donors (Lipinski definition) is 9. The minimum absolute atomic E-state index is 0.0322. The van der Waals surface area contributed by atoms with Crippen molar-refractivity contribution in [3.8, 4) is 23.0 Å². The Kier molecular flexibility index (Phi) is 15.7. The van der Waals surface area contributed by atoms with E-state index in [2.05, 4.69) is 20.6 Å². The van der Waals surface area contributed by atoms with Gasteiger partial charge in [0.2, 0.25) is 5.91 Å². The first-order chi connectivity index (χ1) is 32.8. The zero-order valence-electron chi connectivity index (χ0n) is 37.7. The van der Waals surface area contributed by atoms with Gasteiger partial charge in [0.05, 0.1) is 23.0 Å². The van der Waals surface area contributed by atoms with Crippen molar-refractivity contribution in [3.05, 3.63) is 129 Å². The number of amides is 2. The fourth-order valence-corrected chi connectivity index (χ4v) is 8.49. The number of aliphatic carboxylic acids is 1. The monoisotopic (exact) mass is 924 g/mol. The molecule has 0 spiro atoms. The lowest BCUT2D eigenvalue weighted by Gasteiger charge is -2.24. The third kappa shape index (κ3) is 12.0. The van der Waals surface area contributed by atoms with E-state index in [-0.39, 0.29) is 53.9 Å². The zero-order valence-corrected chi connectivity index (χ0v) is 37.7. The number of phenolic OH excluding ortho intramolecular Hbond substituents is 4. The number of fused-ring (bicyclic) bond motifs is 4. The highest BCUT2D eigenvalue weighted by molar-refractivity contribution is 6.06. The maximum Gasteiger partial charge on any atom is 0.326 e. The molecule has 17 nitrogen and oxygen atoms in total. The molecule has 3 unspecified atom stereocenters. The van der Waals surface area contributed by atoms with E-state index < -0.39 is 30.0 Å². The van der Waals surface area contributed by atoms with Gasteiger partial charge in [-0.3, -0.25) is 24.4 Å². The van der Waals surface area contributed by atoms with Crippen LogP contribution in [0.15, 0.2) is 99.7 Å². The van der Waals surface area contributed by atoms with Crippen LogP contribution >= 0.6 is 0 Å². The quantitative estimate of drug-likeness (QED) is 0.0155. The number of rotatable bonds is 22. The van der Waals surface area contributed by atoms with Gasteiger partial charge in [0.25, 0.3) is 11.5 Å². The number of benzene rings is 5. The Hall–Kier alpha value is -7.79. The number of nitrogens with one attached hydrogen (secondary N) is 3. The standard InChI is InChI=1S/C51H56N8O9/c1-30-57-43-15-10-32-9-8-31(22-40(32)48(43)49(65)58-30)26-54-36-11-14-39-35(23-36)29-59(50(39)66)44(51(67)68)16-19-47(64)53-21-5-3-7-42(56-28-34-25-38(61)13-18-46(34)63)41(6-2-4-20-52)55-27-33-24-37(60)12-17-45(33)62/h8-15,17-18,22-25,27-28,41-42,44,54,60-63H,2-7,16,19-21,26,29,52H2,1H3,(H,53,64)(H,67,68)(H,57,58,65). The molecule has 2 amide bonds. The van der Waals surface area contributed by atoms with E-state index >= 15 is 0 Å². The van der Waals surface area contributed by atoms with E-state index in [1.807, 2.05) is 36.4 Å². The first kappa shape index (κ1) is 48.2. The summed E-state index contributed by atoms with van der Waals surface area (Å²) in [5.41, 5.74) is 9.57. The third-order valence-corrected chi connectivity index (χ3v) is 12.1. The maximum absolute atomic E-state index is 13.5. The lowest BCUT2D eigenvalue weighted by atomic mass is 9.97. The fourth-order valence-electron chi connectivity index (χ4n) is 8.49. The molecule has 1 aliphatic rings. The summed E-state index contributed by atoms with van der Waals surface area (Å²) in [7, 11) is 0. The van der Waals surface area contributed by atoms with Gasteiger partial charge in [-0.15, -0.1) is 0 Å². The lowest BCUT2D eigenvalue weighted by molar-refractivity contribution is -0.142. The van der Waals surface area contributed by atoms with E-state index in [4.69, 9.17) is 15.7 Å². The largest absolute Gasteiger partial charge is 0.508 e. The molecule has 3 atom stereocenters. The number of carbonyl (C=O) groups is 3. The fraction of sp³-hybridized carbons (Fsp3) is 0.314. The summed E-state index contributed by atoms with van der Waals surface area (Å²) >= 11 is 0. The Balaban J connectivity index is 0.933. The number of aromatic nitrogens is 2. The first-order valence-corrected chi connectivity index (χ1v) is 22.7. The summed E-state index contributed by atoms with van der Waals surface area (Å²) in [4.78, 5) is 70.1. The van der Waals surface area contributed by atoms with Crippen molar-refractivity contribution >= 4 is 57.6 Å². The van der Waals surface area contributed by atoms with Gasteiger partial charge in [0.1, 0.15) is 34.9 Å². The third-order valence-electron chi connectivity index (χ3n) is 12.1. The van der Waals surface area contributed by atoms with Crippen LogP contribution in [0.5, 0.6) is 23.0 Å². The summed E-state index contributed by atoms with van der Waals surface area (Å²) in [6.07, 6.45) is 6.51. The molecule has 1 aliphatic heterocycles. The summed E-state index contributed by atoms with van der Waals surface area (Å²) < 4.78 is 0. The predicted octanol–water partition coefficient (Wildman–Crippen LogP) is 6.40. The molecule has 1 aromatic heterocycles. The molecule has 17 heteroatoms. The number of carboxylic acids is 1. The molecule has 0 saturated carbocycles. The molecule has 5 aromatic carbocycles. The van der Waals surface area contributed by atoms with Gasteiger partial charge in [-0.25, -0.2) is 9.78 Å². The number of unbranched alkanes of at least 4 members (excludes halogenated alkanes) is 2. The van der Waals surface area contributed by atoms with Gasteiger partial charge in [-0.1, -0.05) is 18.2 Å². The van der Waals surface area contributed by atoms with Crippen molar-refractivity contribution in [2.75, 3.05) is 18.4 Å². The molecular formula is C51H56N8O9. The van der Waals surface area contributed by atoms with Crippen LogP contribution in [0.3, 0.4) is 0 Å². The van der Waals surface area contributed by atoms with Crippen molar-refractivity contribution in [1.29, 1.82) is 0 Å². The van der Waals surface area contributed by atoms with Gasteiger partial charge in [0.15, 0.2) is 0 Å². The number of phenols is 4. The van der Waals surface area contributed by atoms with Crippen molar-refractivity contribution in [1.82, 2.24) is 20.2 Å². The van der Waals surface area contributed by atoms with Crippen LogP contribution in [-0.2, 0) is 22.7 Å². The highest BCUT2D eigenvalue weighted by Gasteiger charge is 2.36. The average molecular weight is 925 g/mol. The Labute approximate surface area is 392 Å². The van der Waals surface area contributed by atoms with Gasteiger partial charge in [-0.05, 0) is 147 Å². The molecule has 10 N–H and O–H groups in total. The number of aromatic hydroxyl groups is 4. The van der Waals surface area contributed by atoms with E-state index in [1.165, 1.54) is 53.7 Å². The van der Waals surface area contributed by atoms with Gasteiger partial charge in [-0.2, -0.15) is 0 Å². The van der Waals surface area contributed by atoms with Crippen LogP contribution in [0.4, 0.5) is 5.69 Å². The highest BCUT2D eigenvalue weighted by atomic mass is 16.4. The van der Waals surface area contributed by atoms with Crippen LogP contribution in [0.25, 0.3) is 21.7 Å². The Bertz CT molecular complexity index is 2930. The number of nitrogens with zero attached hydrogens (tertiary/aromatic N) is 4. The van der Waals surface area contributed by atoms with Crippen LogP contribution in [0.2, 0.25) is 0 Å². The SMILES string of the molecule is Cc1nc2ccc3ccc(CNc4ccc5c(c4)CN(C(CCC(=O)NCCCCC(N=Cc4cc(O)ccc4O)C(CCCCN)N=Cc4cc(O)ccc4O)C(=O)O)C5=O)cc3c2c(=O)[nH]1. The molecular weight excluding hydrogens is 869 g/mol. The summed E-state index contributed by atoms with van der Waals surface area (Å²) in [6, 6.07) is 21.1. The van der Waals surface area contributed by atoms with Crippen LogP contribution in [-0.4, -0.2) is 102 Å². The Morgan fingerprint density at radius 3 is 2.15 bits per heavy atom. The minimum atomic E-state index is -1.23. The highest BCUT2D eigenvalue weighted by Crippen LogP contribution is 2.30. The molecule has 0 aliphatic carbocycles. The summed E-state index contributed by atoms with van der Waals surface area (Å²) in [6.45, 7) is 3.02. The smallest absolute Gasteiger partial charge is 0.326 e. The lowest BCUT2D eigenvalue weighted by Crippen LogP contribution is -2.42. The molecule has 0 saturated heterocycles. The van der Waals surface area contributed by atoms with Gasteiger partial charge in [0, 0.05) is 60.9 Å². The predicted molar refractivity (Wildman–Crippen MR) is 261 cm³/mol. The van der Waals surface area contributed by atoms with Crippen LogP contribution < -0.4 is 21.9 Å². The number of hydrogen-bond acceptors (Lipinski definition) is 13. The normalized spacial score (nSPS) is 13.9. The van der Waals surface area contributed by atoms with E-state index in [9.17, 15) is 44.7 Å². The van der Waals surface area contributed by atoms with E-state index in [1.54, 1.807) is 19.1 Å². The molecule has 0 radical (unpaired) electrons. The summed E-state index contributed by atoms with van der Waals surface area (Å²) in [5, 5.41) is 59.5.